The lowest BCUT2D eigenvalue weighted by Gasteiger charge is -2.34. The number of aromatic nitrogens is 4. The van der Waals surface area contributed by atoms with Crippen LogP contribution in [0, 0.1) is 13.8 Å². The molecule has 2 aliphatic rings. The second-order valence-corrected chi connectivity index (χ2v) is 5.87. The van der Waals surface area contributed by atoms with Crippen LogP contribution in [-0.4, -0.2) is 73.7 Å². The third-order valence-corrected chi connectivity index (χ3v) is 4.29. The Morgan fingerprint density at radius 1 is 1.30 bits per heavy atom. The Morgan fingerprint density at radius 3 is 2.96 bits per heavy atom. The van der Waals surface area contributed by atoms with E-state index in [9.17, 15) is 9.59 Å². The van der Waals surface area contributed by atoms with Gasteiger partial charge in [0.25, 0.3) is 11.7 Å². The fraction of sp³-hybridized carbons (Fsp3) is 0.500. The molecule has 120 valence electrons. The standard InChI is InChI=1S/C14H16N6O3/c1-8-5-9(2)20-11(16-17-13(20)15-8)12(21)18-3-4-19-10(6-18)7-23-14(19)22/h5,10H,3-4,6-7H2,1-2H3/t10-/m1/s1. The first-order valence-electron chi connectivity index (χ1n) is 7.46. The molecule has 2 aliphatic heterocycles. The Hall–Kier alpha value is -2.71. The largest absolute Gasteiger partial charge is 0.447 e. The number of cyclic esters (lactones) is 1. The van der Waals surface area contributed by atoms with Gasteiger partial charge >= 0.3 is 6.09 Å². The van der Waals surface area contributed by atoms with Crippen LogP contribution in [0.25, 0.3) is 5.78 Å². The van der Waals surface area contributed by atoms with Crippen molar-refractivity contribution < 1.29 is 14.3 Å². The summed E-state index contributed by atoms with van der Waals surface area (Å²) >= 11 is 0. The quantitative estimate of drug-likeness (QED) is 0.736. The molecule has 4 heterocycles. The van der Waals surface area contributed by atoms with Crippen molar-refractivity contribution in [2.45, 2.75) is 19.9 Å². The van der Waals surface area contributed by atoms with Crippen molar-refractivity contribution in [1.29, 1.82) is 0 Å². The number of nitrogens with zero attached hydrogens (tertiary/aromatic N) is 6. The van der Waals surface area contributed by atoms with E-state index in [1.165, 1.54) is 0 Å². The number of piperazine rings is 1. The molecule has 0 aromatic carbocycles. The third-order valence-electron chi connectivity index (χ3n) is 4.29. The summed E-state index contributed by atoms with van der Waals surface area (Å²) in [5, 5.41) is 8.02. The topological polar surface area (TPSA) is 92.9 Å². The number of carbonyl (C=O) groups excluding carboxylic acids is 2. The lowest BCUT2D eigenvalue weighted by atomic mass is 10.2. The summed E-state index contributed by atoms with van der Waals surface area (Å²) in [5.41, 5.74) is 1.69. The number of fused-ring (bicyclic) bond motifs is 2. The predicted molar refractivity (Wildman–Crippen MR) is 78.0 cm³/mol. The number of aryl methyl sites for hydroxylation is 2. The lowest BCUT2D eigenvalue weighted by molar-refractivity contribution is 0.0603. The van der Waals surface area contributed by atoms with E-state index < -0.39 is 0 Å². The molecule has 0 saturated carbocycles. The second-order valence-electron chi connectivity index (χ2n) is 5.87. The average molecular weight is 316 g/mol. The maximum Gasteiger partial charge on any atom is 0.410 e. The minimum Gasteiger partial charge on any atom is -0.447 e. The SMILES string of the molecule is Cc1cc(C)n2c(C(=O)N3CCN4C(=O)OC[C@H]4C3)nnc2n1. The van der Waals surface area contributed by atoms with Crippen molar-refractivity contribution in [2.24, 2.45) is 0 Å². The molecule has 2 aromatic heterocycles. The van der Waals surface area contributed by atoms with Crippen LogP contribution in [0.15, 0.2) is 6.07 Å². The number of rotatable bonds is 1. The highest BCUT2D eigenvalue weighted by molar-refractivity contribution is 5.91. The molecule has 0 radical (unpaired) electrons. The van der Waals surface area contributed by atoms with E-state index in [4.69, 9.17) is 4.74 Å². The number of amides is 2. The molecule has 0 bridgehead atoms. The molecule has 23 heavy (non-hydrogen) atoms. The summed E-state index contributed by atoms with van der Waals surface area (Å²) < 4.78 is 6.69. The minimum absolute atomic E-state index is 0.0825. The molecular formula is C14H16N6O3. The summed E-state index contributed by atoms with van der Waals surface area (Å²) in [6.45, 7) is 5.46. The molecule has 2 saturated heterocycles. The molecule has 1 atom stereocenters. The molecule has 2 fully saturated rings. The first kappa shape index (κ1) is 13.9. The molecule has 2 amide bonds. The maximum atomic E-state index is 12.8. The molecule has 2 aromatic rings. The van der Waals surface area contributed by atoms with Crippen molar-refractivity contribution in [2.75, 3.05) is 26.2 Å². The van der Waals surface area contributed by atoms with Crippen LogP contribution >= 0.6 is 0 Å². The zero-order valence-electron chi connectivity index (χ0n) is 12.9. The summed E-state index contributed by atoms with van der Waals surface area (Å²) in [7, 11) is 0. The van der Waals surface area contributed by atoms with E-state index in [0.717, 1.165) is 11.4 Å². The monoisotopic (exact) mass is 316 g/mol. The first-order chi connectivity index (χ1) is 11.0. The van der Waals surface area contributed by atoms with Crippen LogP contribution in [-0.2, 0) is 4.74 Å². The van der Waals surface area contributed by atoms with E-state index in [1.807, 2.05) is 19.9 Å². The van der Waals surface area contributed by atoms with Gasteiger partial charge in [-0.1, -0.05) is 0 Å². The van der Waals surface area contributed by atoms with E-state index in [-0.39, 0.29) is 23.9 Å². The zero-order valence-corrected chi connectivity index (χ0v) is 12.9. The van der Waals surface area contributed by atoms with Gasteiger partial charge in [-0.3, -0.25) is 14.1 Å². The summed E-state index contributed by atoms with van der Waals surface area (Å²) in [6, 6.07) is 1.80. The summed E-state index contributed by atoms with van der Waals surface area (Å²) in [5.74, 6) is 0.470. The first-order valence-corrected chi connectivity index (χ1v) is 7.46. The van der Waals surface area contributed by atoms with Gasteiger partial charge < -0.3 is 9.64 Å². The van der Waals surface area contributed by atoms with Gasteiger partial charge in [-0.05, 0) is 19.9 Å². The second kappa shape index (κ2) is 4.90. The number of carbonyl (C=O) groups is 2. The molecule has 0 aliphatic carbocycles. The number of ether oxygens (including phenoxy) is 1. The van der Waals surface area contributed by atoms with Gasteiger partial charge in [0.2, 0.25) is 5.82 Å². The fourth-order valence-corrected chi connectivity index (χ4v) is 3.18. The molecule has 0 N–H and O–H groups in total. The van der Waals surface area contributed by atoms with Gasteiger partial charge in [-0.2, -0.15) is 0 Å². The number of hydrogen-bond donors (Lipinski definition) is 0. The molecular weight excluding hydrogens is 300 g/mol. The van der Waals surface area contributed by atoms with Crippen molar-refractivity contribution in [3.63, 3.8) is 0 Å². The fourth-order valence-electron chi connectivity index (χ4n) is 3.18. The average Bonchev–Trinajstić information content (AvgIpc) is 3.10. The van der Waals surface area contributed by atoms with E-state index in [0.29, 0.717) is 32.0 Å². The molecule has 0 spiro atoms. The van der Waals surface area contributed by atoms with Gasteiger partial charge in [0.1, 0.15) is 6.61 Å². The van der Waals surface area contributed by atoms with Crippen LogP contribution in [0.1, 0.15) is 22.0 Å². The van der Waals surface area contributed by atoms with Gasteiger partial charge in [0, 0.05) is 31.0 Å². The van der Waals surface area contributed by atoms with Crippen LogP contribution in [0.2, 0.25) is 0 Å². The molecule has 9 nitrogen and oxygen atoms in total. The van der Waals surface area contributed by atoms with Gasteiger partial charge in [-0.25, -0.2) is 9.78 Å². The van der Waals surface area contributed by atoms with Crippen LogP contribution in [0.3, 0.4) is 0 Å². The van der Waals surface area contributed by atoms with Gasteiger partial charge in [0.05, 0.1) is 6.04 Å². The highest BCUT2D eigenvalue weighted by atomic mass is 16.6. The van der Waals surface area contributed by atoms with E-state index in [2.05, 4.69) is 15.2 Å². The highest BCUT2D eigenvalue weighted by Crippen LogP contribution is 2.19. The van der Waals surface area contributed by atoms with Gasteiger partial charge in [0.15, 0.2) is 0 Å². The summed E-state index contributed by atoms with van der Waals surface area (Å²) in [6.07, 6.45) is -0.300. The van der Waals surface area contributed by atoms with Gasteiger partial charge in [-0.15, -0.1) is 10.2 Å². The van der Waals surface area contributed by atoms with Crippen LogP contribution in [0.5, 0.6) is 0 Å². The van der Waals surface area contributed by atoms with Crippen molar-refractivity contribution in [3.05, 3.63) is 23.3 Å². The van der Waals surface area contributed by atoms with Crippen LogP contribution in [0.4, 0.5) is 4.79 Å². The normalized spacial score (nSPS) is 20.8. The minimum atomic E-state index is -0.300. The highest BCUT2D eigenvalue weighted by Gasteiger charge is 2.39. The summed E-state index contributed by atoms with van der Waals surface area (Å²) in [4.78, 5) is 32.0. The molecule has 9 heteroatoms. The Kier molecular flexibility index (Phi) is 2.97. The lowest BCUT2D eigenvalue weighted by Crippen LogP contribution is -2.54. The third kappa shape index (κ3) is 2.11. The van der Waals surface area contributed by atoms with E-state index in [1.54, 1.807) is 14.2 Å². The Morgan fingerprint density at radius 2 is 2.13 bits per heavy atom. The molecule has 0 unspecified atom stereocenters. The predicted octanol–water partition coefficient (Wildman–Crippen LogP) is 0.0177. The maximum absolute atomic E-state index is 12.8. The van der Waals surface area contributed by atoms with Crippen molar-refractivity contribution in [3.8, 4) is 0 Å². The smallest absolute Gasteiger partial charge is 0.410 e. The van der Waals surface area contributed by atoms with Crippen LogP contribution < -0.4 is 0 Å². The van der Waals surface area contributed by atoms with E-state index >= 15 is 0 Å². The Bertz CT molecular complexity index is 816. The number of hydrogen-bond acceptors (Lipinski definition) is 6. The van der Waals surface area contributed by atoms with Crippen molar-refractivity contribution >= 4 is 17.8 Å². The van der Waals surface area contributed by atoms with Crippen molar-refractivity contribution in [1.82, 2.24) is 29.4 Å². The molecule has 4 rings (SSSR count). The Balaban J connectivity index is 1.64. The Labute approximate surface area is 131 Å². The zero-order chi connectivity index (χ0) is 16.1.